The first kappa shape index (κ1) is 20.3. The highest BCUT2D eigenvalue weighted by atomic mass is 16.5. The van der Waals surface area contributed by atoms with Gasteiger partial charge in [0.05, 0.1) is 27.0 Å². The minimum absolute atomic E-state index is 0.560. The molecule has 0 aliphatic carbocycles. The molecule has 3 rings (SSSR count). The van der Waals surface area contributed by atoms with Gasteiger partial charge >= 0.3 is 0 Å². The number of hydrogen-bond acceptors (Lipinski definition) is 7. The molecule has 152 valence electrons. The van der Waals surface area contributed by atoms with Gasteiger partial charge in [-0.2, -0.15) is 4.98 Å². The Morgan fingerprint density at radius 2 is 1.66 bits per heavy atom. The van der Waals surface area contributed by atoms with E-state index in [1.807, 2.05) is 49.4 Å². The molecule has 0 fully saturated rings. The predicted octanol–water partition coefficient (Wildman–Crippen LogP) is 4.21. The number of anilines is 3. The monoisotopic (exact) mass is 394 g/mol. The summed E-state index contributed by atoms with van der Waals surface area (Å²) in [5.41, 5.74) is 2.75. The van der Waals surface area contributed by atoms with Gasteiger partial charge in [0.25, 0.3) is 0 Å². The van der Waals surface area contributed by atoms with Gasteiger partial charge in [-0.15, -0.1) is 0 Å². The zero-order chi connectivity index (χ0) is 20.6. The molecular formula is C22H26N4O3. The SMILES string of the molecule is COc1ccc(OC)c(Nc2cc(C)nc(NCCc3ccccc3OC)n2)c1. The number of para-hydroxylation sites is 1. The standard InChI is InChI=1S/C22H26N4O3/c1-15-13-21(25-18-14-17(27-2)9-10-20(18)29-4)26-22(24-15)23-12-11-16-7-5-6-8-19(16)28-3/h5-10,13-14H,11-12H2,1-4H3,(H2,23,24,25,26). The summed E-state index contributed by atoms with van der Waals surface area (Å²) in [6.45, 7) is 2.62. The van der Waals surface area contributed by atoms with E-state index in [0.717, 1.165) is 34.9 Å². The lowest BCUT2D eigenvalue weighted by atomic mass is 10.1. The quantitative estimate of drug-likeness (QED) is 0.563. The van der Waals surface area contributed by atoms with Crippen LogP contribution in [0.2, 0.25) is 0 Å². The first-order valence-electron chi connectivity index (χ1n) is 9.33. The molecule has 0 bridgehead atoms. The molecule has 0 aliphatic rings. The van der Waals surface area contributed by atoms with Gasteiger partial charge in [-0.05, 0) is 37.1 Å². The summed E-state index contributed by atoms with van der Waals surface area (Å²) in [6.07, 6.45) is 0.799. The van der Waals surface area contributed by atoms with E-state index in [-0.39, 0.29) is 0 Å². The topological polar surface area (TPSA) is 77.5 Å². The zero-order valence-corrected chi connectivity index (χ0v) is 17.2. The van der Waals surface area contributed by atoms with Crippen LogP contribution in [0.3, 0.4) is 0 Å². The number of hydrogen-bond donors (Lipinski definition) is 2. The van der Waals surface area contributed by atoms with Crippen LogP contribution >= 0.6 is 0 Å². The van der Waals surface area contributed by atoms with Crippen LogP contribution in [0.25, 0.3) is 0 Å². The summed E-state index contributed by atoms with van der Waals surface area (Å²) in [5, 5.41) is 6.58. The molecule has 0 saturated heterocycles. The molecule has 7 nitrogen and oxygen atoms in total. The minimum Gasteiger partial charge on any atom is -0.497 e. The highest BCUT2D eigenvalue weighted by Crippen LogP contribution is 2.31. The summed E-state index contributed by atoms with van der Waals surface area (Å²) in [6, 6.07) is 15.4. The second-order valence-corrected chi connectivity index (χ2v) is 6.40. The van der Waals surface area contributed by atoms with Gasteiger partial charge in [-0.3, -0.25) is 0 Å². The van der Waals surface area contributed by atoms with E-state index in [2.05, 4.69) is 26.7 Å². The van der Waals surface area contributed by atoms with Crippen molar-refractivity contribution in [2.45, 2.75) is 13.3 Å². The fourth-order valence-electron chi connectivity index (χ4n) is 2.98. The minimum atomic E-state index is 0.560. The molecule has 0 atom stereocenters. The number of benzene rings is 2. The Hall–Kier alpha value is -3.48. The molecule has 0 spiro atoms. The average molecular weight is 394 g/mol. The van der Waals surface area contributed by atoms with E-state index in [1.165, 1.54) is 0 Å². The van der Waals surface area contributed by atoms with E-state index < -0.39 is 0 Å². The van der Waals surface area contributed by atoms with Crippen molar-refractivity contribution < 1.29 is 14.2 Å². The molecule has 7 heteroatoms. The third-order valence-corrected chi connectivity index (χ3v) is 4.39. The Bertz CT molecular complexity index is 963. The molecule has 1 aromatic heterocycles. The molecule has 0 unspecified atom stereocenters. The Labute approximate surface area is 171 Å². The van der Waals surface area contributed by atoms with Gasteiger partial charge < -0.3 is 24.8 Å². The summed E-state index contributed by atoms with van der Waals surface area (Å²) in [4.78, 5) is 9.05. The van der Waals surface area contributed by atoms with Crippen molar-refractivity contribution in [3.8, 4) is 17.2 Å². The molecule has 0 amide bonds. The van der Waals surface area contributed by atoms with Gasteiger partial charge in [0.15, 0.2) is 0 Å². The largest absolute Gasteiger partial charge is 0.497 e. The van der Waals surface area contributed by atoms with Gasteiger partial charge in [-0.1, -0.05) is 18.2 Å². The van der Waals surface area contributed by atoms with E-state index in [0.29, 0.717) is 24.1 Å². The molecule has 0 saturated carbocycles. The number of ether oxygens (including phenoxy) is 3. The smallest absolute Gasteiger partial charge is 0.224 e. The first-order chi connectivity index (χ1) is 14.1. The molecule has 2 aromatic carbocycles. The van der Waals surface area contributed by atoms with Crippen LogP contribution in [-0.2, 0) is 6.42 Å². The van der Waals surface area contributed by atoms with Gasteiger partial charge in [0.1, 0.15) is 23.1 Å². The number of aryl methyl sites for hydroxylation is 1. The third kappa shape index (κ3) is 5.28. The Balaban J connectivity index is 1.72. The summed E-state index contributed by atoms with van der Waals surface area (Å²) >= 11 is 0. The van der Waals surface area contributed by atoms with E-state index in [9.17, 15) is 0 Å². The summed E-state index contributed by atoms with van der Waals surface area (Å²) in [5.74, 6) is 3.54. The van der Waals surface area contributed by atoms with Gasteiger partial charge in [0, 0.05) is 24.4 Å². The predicted molar refractivity (Wildman–Crippen MR) is 115 cm³/mol. The molecule has 29 heavy (non-hydrogen) atoms. The molecule has 2 N–H and O–H groups in total. The van der Waals surface area contributed by atoms with Crippen molar-refractivity contribution in [1.29, 1.82) is 0 Å². The number of nitrogens with one attached hydrogen (secondary N) is 2. The Kier molecular flexibility index (Phi) is 6.73. The van der Waals surface area contributed by atoms with Crippen molar-refractivity contribution in [1.82, 2.24) is 9.97 Å². The third-order valence-electron chi connectivity index (χ3n) is 4.39. The van der Waals surface area contributed by atoms with Crippen LogP contribution in [-0.4, -0.2) is 37.8 Å². The molecule has 3 aromatic rings. The van der Waals surface area contributed by atoms with E-state index in [4.69, 9.17) is 14.2 Å². The second kappa shape index (κ2) is 9.64. The van der Waals surface area contributed by atoms with Crippen molar-refractivity contribution in [3.05, 3.63) is 59.8 Å². The molecule has 0 aliphatic heterocycles. The van der Waals surface area contributed by atoms with Gasteiger partial charge in [0.2, 0.25) is 5.95 Å². The fraction of sp³-hybridized carbons (Fsp3) is 0.273. The Morgan fingerprint density at radius 3 is 2.41 bits per heavy atom. The number of nitrogens with zero attached hydrogens (tertiary/aromatic N) is 2. The highest BCUT2D eigenvalue weighted by Gasteiger charge is 2.09. The molecule has 1 heterocycles. The number of aromatic nitrogens is 2. The lowest BCUT2D eigenvalue weighted by Crippen LogP contribution is -2.10. The molecular weight excluding hydrogens is 368 g/mol. The Morgan fingerprint density at radius 1 is 0.862 bits per heavy atom. The first-order valence-corrected chi connectivity index (χ1v) is 9.33. The zero-order valence-electron chi connectivity index (χ0n) is 17.2. The van der Waals surface area contributed by atoms with Crippen molar-refractivity contribution in [3.63, 3.8) is 0 Å². The fourth-order valence-corrected chi connectivity index (χ4v) is 2.98. The average Bonchev–Trinajstić information content (AvgIpc) is 2.73. The van der Waals surface area contributed by atoms with E-state index in [1.54, 1.807) is 21.3 Å². The maximum atomic E-state index is 5.42. The maximum Gasteiger partial charge on any atom is 0.224 e. The summed E-state index contributed by atoms with van der Waals surface area (Å²) < 4.78 is 16.1. The van der Waals surface area contributed by atoms with Crippen LogP contribution in [0.5, 0.6) is 17.2 Å². The number of rotatable bonds is 9. The number of methoxy groups -OCH3 is 3. The maximum absolute atomic E-state index is 5.42. The van der Waals surface area contributed by atoms with Crippen molar-refractivity contribution >= 4 is 17.5 Å². The summed E-state index contributed by atoms with van der Waals surface area (Å²) in [7, 11) is 4.94. The van der Waals surface area contributed by atoms with Crippen molar-refractivity contribution in [2.75, 3.05) is 38.5 Å². The normalized spacial score (nSPS) is 10.3. The lowest BCUT2D eigenvalue weighted by molar-refractivity contribution is 0.405. The van der Waals surface area contributed by atoms with Crippen LogP contribution in [0.15, 0.2) is 48.5 Å². The van der Waals surface area contributed by atoms with Crippen LogP contribution < -0.4 is 24.8 Å². The highest BCUT2D eigenvalue weighted by molar-refractivity contribution is 5.67. The van der Waals surface area contributed by atoms with Gasteiger partial charge in [-0.25, -0.2) is 4.98 Å². The lowest BCUT2D eigenvalue weighted by Gasteiger charge is -2.14. The van der Waals surface area contributed by atoms with Crippen molar-refractivity contribution in [2.24, 2.45) is 0 Å². The second-order valence-electron chi connectivity index (χ2n) is 6.40. The van der Waals surface area contributed by atoms with E-state index >= 15 is 0 Å². The van der Waals surface area contributed by atoms with Crippen LogP contribution in [0.4, 0.5) is 17.5 Å². The van der Waals surface area contributed by atoms with Crippen LogP contribution in [0, 0.1) is 6.92 Å². The molecule has 0 radical (unpaired) electrons. The van der Waals surface area contributed by atoms with Crippen LogP contribution in [0.1, 0.15) is 11.3 Å².